The largest absolute Gasteiger partial charge is 0.467 e. The summed E-state index contributed by atoms with van der Waals surface area (Å²) in [6.45, 7) is 0. The molecule has 25 heavy (non-hydrogen) atoms. The molecule has 3 rings (SSSR count). The summed E-state index contributed by atoms with van der Waals surface area (Å²) in [6.07, 6.45) is 2.96. The van der Waals surface area contributed by atoms with Gasteiger partial charge in [0.2, 0.25) is 0 Å². The van der Waals surface area contributed by atoms with Crippen LogP contribution in [0.3, 0.4) is 0 Å². The Bertz CT molecular complexity index is 879. The van der Waals surface area contributed by atoms with Gasteiger partial charge in [0.15, 0.2) is 5.82 Å². The van der Waals surface area contributed by atoms with Gasteiger partial charge in [-0.1, -0.05) is 6.07 Å². The average molecular weight is 340 g/mol. The quantitative estimate of drug-likeness (QED) is 0.725. The Balaban J connectivity index is 1.87. The number of nitrogens with zero attached hydrogens (tertiary/aromatic N) is 7. The summed E-state index contributed by atoms with van der Waals surface area (Å²) in [7, 11) is 5.11. The molecule has 0 saturated carbocycles. The molecule has 0 fully saturated rings. The van der Waals surface area contributed by atoms with E-state index in [0.29, 0.717) is 22.8 Å². The summed E-state index contributed by atoms with van der Waals surface area (Å²) >= 11 is 0. The number of methoxy groups -OCH3 is 1. The number of tetrazole rings is 1. The number of benzene rings is 1. The first-order valence-corrected chi connectivity index (χ1v) is 7.31. The molecule has 1 aromatic carbocycles. The summed E-state index contributed by atoms with van der Waals surface area (Å²) in [5.74, 6) is 0.239. The van der Waals surface area contributed by atoms with Crippen LogP contribution in [0.15, 0.2) is 36.8 Å². The Morgan fingerprint density at radius 1 is 1.32 bits per heavy atom. The van der Waals surface area contributed by atoms with Crippen LogP contribution in [0.4, 0.5) is 11.5 Å². The number of carbonyl (C=O) groups is 1. The van der Waals surface area contributed by atoms with Crippen molar-refractivity contribution in [2.75, 3.05) is 31.4 Å². The van der Waals surface area contributed by atoms with Crippen molar-refractivity contribution in [2.45, 2.75) is 0 Å². The zero-order valence-corrected chi connectivity index (χ0v) is 13.9. The minimum atomic E-state index is -0.299. The van der Waals surface area contributed by atoms with Crippen LogP contribution >= 0.6 is 0 Å². The van der Waals surface area contributed by atoms with E-state index in [-0.39, 0.29) is 11.9 Å². The van der Waals surface area contributed by atoms with Crippen molar-refractivity contribution in [1.29, 1.82) is 0 Å². The molecule has 128 valence electrons. The smallest absolute Gasteiger partial charge is 0.318 e. The Labute approximate surface area is 143 Å². The molecule has 1 amide bonds. The first-order chi connectivity index (χ1) is 12.1. The number of ether oxygens (including phenoxy) is 1. The molecule has 0 saturated heterocycles. The van der Waals surface area contributed by atoms with Gasteiger partial charge >= 0.3 is 6.01 Å². The molecule has 10 heteroatoms. The molecule has 0 atom stereocenters. The second kappa shape index (κ2) is 6.91. The third-order valence-corrected chi connectivity index (χ3v) is 3.32. The fraction of sp³-hybridized carbons (Fsp3) is 0.200. The summed E-state index contributed by atoms with van der Waals surface area (Å²) < 4.78 is 6.49. The third-order valence-electron chi connectivity index (χ3n) is 3.32. The van der Waals surface area contributed by atoms with Crippen LogP contribution in [0, 0.1) is 0 Å². The lowest BCUT2D eigenvalue weighted by molar-refractivity contribution is 0.102. The Hall–Kier alpha value is -3.56. The number of nitrogens with one attached hydrogen (secondary N) is 1. The number of hydrogen-bond acceptors (Lipinski definition) is 8. The second-order valence-electron chi connectivity index (χ2n) is 5.25. The predicted octanol–water partition coefficient (Wildman–Crippen LogP) is 0.779. The lowest BCUT2D eigenvalue weighted by atomic mass is 10.2. The highest BCUT2D eigenvalue weighted by atomic mass is 16.5. The fourth-order valence-corrected chi connectivity index (χ4v) is 2.15. The van der Waals surface area contributed by atoms with E-state index in [1.165, 1.54) is 24.3 Å². The number of amides is 1. The van der Waals surface area contributed by atoms with Crippen molar-refractivity contribution in [3.8, 4) is 11.7 Å². The fourth-order valence-electron chi connectivity index (χ4n) is 2.15. The van der Waals surface area contributed by atoms with Crippen LogP contribution in [0.1, 0.15) is 10.4 Å². The highest BCUT2D eigenvalue weighted by Gasteiger charge is 2.14. The lowest BCUT2D eigenvalue weighted by Gasteiger charge is -2.16. The molecule has 0 aliphatic rings. The first kappa shape index (κ1) is 16.3. The van der Waals surface area contributed by atoms with Crippen molar-refractivity contribution >= 4 is 17.4 Å². The molecule has 3 aromatic rings. The molecule has 0 spiro atoms. The van der Waals surface area contributed by atoms with Crippen LogP contribution in [0.5, 0.6) is 6.01 Å². The van der Waals surface area contributed by atoms with Gasteiger partial charge in [-0.25, -0.2) is 9.67 Å². The number of aromatic nitrogens is 6. The lowest BCUT2D eigenvalue weighted by Crippen LogP contribution is -2.18. The number of hydrogen-bond donors (Lipinski definition) is 1. The third kappa shape index (κ3) is 3.52. The van der Waals surface area contributed by atoms with E-state index in [1.807, 2.05) is 14.1 Å². The van der Waals surface area contributed by atoms with E-state index in [0.717, 1.165) is 0 Å². The van der Waals surface area contributed by atoms with Crippen molar-refractivity contribution < 1.29 is 9.53 Å². The highest BCUT2D eigenvalue weighted by molar-refractivity contribution is 6.05. The minimum Gasteiger partial charge on any atom is -0.467 e. The number of anilines is 2. The van der Waals surface area contributed by atoms with E-state index >= 15 is 0 Å². The zero-order valence-electron chi connectivity index (χ0n) is 13.9. The number of carbonyl (C=O) groups excluding carboxylic acids is 1. The minimum absolute atomic E-state index is 0.224. The van der Waals surface area contributed by atoms with Crippen molar-refractivity contribution in [3.63, 3.8) is 0 Å². The van der Waals surface area contributed by atoms with E-state index in [2.05, 4.69) is 30.8 Å². The van der Waals surface area contributed by atoms with E-state index in [9.17, 15) is 4.79 Å². The predicted molar refractivity (Wildman–Crippen MR) is 90.0 cm³/mol. The molecule has 0 aliphatic heterocycles. The normalized spacial score (nSPS) is 10.4. The summed E-state index contributed by atoms with van der Waals surface area (Å²) in [4.78, 5) is 22.6. The SMILES string of the molecule is COc1ncc(NC(=O)c2cccc(-n3cnnn3)c2)c(N(C)C)n1. The molecule has 10 nitrogen and oxygen atoms in total. The molecule has 0 radical (unpaired) electrons. The summed E-state index contributed by atoms with van der Waals surface area (Å²) in [5, 5.41) is 13.8. The highest BCUT2D eigenvalue weighted by Crippen LogP contribution is 2.23. The monoisotopic (exact) mass is 340 g/mol. The van der Waals surface area contributed by atoms with Crippen LogP contribution < -0.4 is 15.0 Å². The van der Waals surface area contributed by atoms with Crippen LogP contribution in [-0.2, 0) is 0 Å². The van der Waals surface area contributed by atoms with Gasteiger partial charge in [0, 0.05) is 19.7 Å². The maximum absolute atomic E-state index is 12.6. The Morgan fingerprint density at radius 2 is 2.16 bits per heavy atom. The molecule has 0 aliphatic carbocycles. The molecular formula is C15H16N8O2. The van der Waals surface area contributed by atoms with Gasteiger partial charge < -0.3 is 15.0 Å². The maximum Gasteiger partial charge on any atom is 0.318 e. The van der Waals surface area contributed by atoms with E-state index < -0.39 is 0 Å². The summed E-state index contributed by atoms with van der Waals surface area (Å²) in [6, 6.07) is 7.16. The maximum atomic E-state index is 12.6. The Kier molecular flexibility index (Phi) is 4.50. The topological polar surface area (TPSA) is 111 Å². The van der Waals surface area contributed by atoms with Gasteiger partial charge in [0.25, 0.3) is 5.91 Å². The van der Waals surface area contributed by atoms with Gasteiger partial charge in [-0.05, 0) is 28.6 Å². The van der Waals surface area contributed by atoms with E-state index in [4.69, 9.17) is 4.74 Å². The molecule has 2 aromatic heterocycles. The molecule has 1 N–H and O–H groups in total. The molecule has 0 bridgehead atoms. The van der Waals surface area contributed by atoms with Gasteiger partial charge in [-0.3, -0.25) is 4.79 Å². The molecule has 2 heterocycles. The average Bonchev–Trinajstić information content (AvgIpc) is 3.16. The second-order valence-corrected chi connectivity index (χ2v) is 5.25. The summed E-state index contributed by atoms with van der Waals surface area (Å²) in [5.41, 5.74) is 1.61. The Morgan fingerprint density at radius 3 is 2.84 bits per heavy atom. The van der Waals surface area contributed by atoms with Gasteiger partial charge in [-0.2, -0.15) is 4.98 Å². The molecular weight excluding hydrogens is 324 g/mol. The van der Waals surface area contributed by atoms with Crippen LogP contribution in [0.25, 0.3) is 5.69 Å². The van der Waals surface area contributed by atoms with Crippen molar-refractivity contribution in [2.24, 2.45) is 0 Å². The zero-order chi connectivity index (χ0) is 17.8. The van der Waals surface area contributed by atoms with Gasteiger partial charge in [-0.15, -0.1) is 5.10 Å². The van der Waals surface area contributed by atoms with Gasteiger partial charge in [0.05, 0.1) is 19.0 Å². The van der Waals surface area contributed by atoms with E-state index in [1.54, 1.807) is 29.2 Å². The van der Waals surface area contributed by atoms with Crippen molar-refractivity contribution in [1.82, 2.24) is 30.2 Å². The van der Waals surface area contributed by atoms with Gasteiger partial charge in [0.1, 0.15) is 12.0 Å². The number of rotatable bonds is 5. The van der Waals surface area contributed by atoms with Crippen LogP contribution in [0.2, 0.25) is 0 Å². The van der Waals surface area contributed by atoms with Crippen LogP contribution in [-0.4, -0.2) is 57.3 Å². The van der Waals surface area contributed by atoms with Crippen molar-refractivity contribution in [3.05, 3.63) is 42.4 Å². The molecule has 0 unspecified atom stereocenters. The first-order valence-electron chi connectivity index (χ1n) is 7.31. The standard InChI is InChI=1S/C15H16N8O2/c1-22(2)13-12(8-16-15(19-13)25-3)18-14(24)10-5-4-6-11(7-10)23-9-17-20-21-23/h4-9H,1-3H3,(H,18,24).